The van der Waals surface area contributed by atoms with Gasteiger partial charge in [0.15, 0.2) is 6.61 Å². The van der Waals surface area contributed by atoms with Gasteiger partial charge in [0.05, 0.1) is 23.1 Å². The number of hydrazine groups is 1. The number of rotatable bonds is 4. The van der Waals surface area contributed by atoms with E-state index in [2.05, 4.69) is 45.1 Å². The van der Waals surface area contributed by atoms with E-state index in [1.165, 1.54) is 19.3 Å². The second kappa shape index (κ2) is 9.52. The van der Waals surface area contributed by atoms with E-state index < -0.39 is 0 Å². The highest BCUT2D eigenvalue weighted by Gasteiger charge is 2.37. The lowest BCUT2D eigenvalue weighted by molar-refractivity contribution is -0.118. The van der Waals surface area contributed by atoms with E-state index in [1.807, 2.05) is 36.4 Å². The summed E-state index contributed by atoms with van der Waals surface area (Å²) in [6, 6.07) is 21.6. The number of nitrogens with zero attached hydrogens (tertiary/aromatic N) is 2. The number of fused-ring (bicyclic) bond motifs is 2. The average molecular weight is 497 g/mol. The summed E-state index contributed by atoms with van der Waals surface area (Å²) in [5, 5.41) is 10.3. The van der Waals surface area contributed by atoms with Gasteiger partial charge in [-0.2, -0.15) is 0 Å². The smallest absolute Gasteiger partial charge is 0.262 e. The van der Waals surface area contributed by atoms with Gasteiger partial charge in [-0.3, -0.25) is 14.6 Å². The summed E-state index contributed by atoms with van der Waals surface area (Å²) in [6.07, 6.45) is 5.92. The molecule has 3 aliphatic rings. The van der Waals surface area contributed by atoms with E-state index in [4.69, 9.17) is 4.74 Å². The van der Waals surface area contributed by atoms with Gasteiger partial charge in [-0.15, -0.1) is 5.73 Å². The Kier molecular flexibility index (Phi) is 5.91. The van der Waals surface area contributed by atoms with Crippen molar-refractivity contribution in [3.63, 3.8) is 0 Å². The standard InChI is InChI=1S/C30H28N4O3.2H2/c1-2-26-24-17-20(30(36)31-21-14-16-28-25(18-21)32-29(35)19-37-28)13-15-27(24)34(23-11-7-4-8-12-23)33(26)22-9-5-3-6-10-22;;/h3,5-6,9-10,13-18,23H,1,4,7-8,11-12,19H2,(H,31,36)(H,32,35);2*1H. The Morgan fingerprint density at radius 2 is 1.86 bits per heavy atom. The van der Waals surface area contributed by atoms with Crippen molar-refractivity contribution in [2.24, 2.45) is 0 Å². The number of hydrogen-bond acceptors (Lipinski definition) is 5. The van der Waals surface area contributed by atoms with Crippen molar-refractivity contribution >= 4 is 40.3 Å². The van der Waals surface area contributed by atoms with Gasteiger partial charge < -0.3 is 15.4 Å². The molecule has 0 aromatic heterocycles. The molecule has 3 aromatic rings. The number of hydrogen-bond donors (Lipinski definition) is 2. The predicted octanol–water partition coefficient (Wildman–Crippen LogP) is 6.46. The van der Waals surface area contributed by atoms with E-state index in [9.17, 15) is 9.59 Å². The van der Waals surface area contributed by atoms with Crippen LogP contribution in [0, 0.1) is 0 Å². The Morgan fingerprint density at radius 1 is 1.05 bits per heavy atom. The lowest BCUT2D eigenvalue weighted by Gasteiger charge is -2.40. The van der Waals surface area contributed by atoms with Crippen molar-refractivity contribution in [2.45, 2.75) is 38.1 Å². The van der Waals surface area contributed by atoms with Crippen LogP contribution >= 0.6 is 0 Å². The molecule has 0 bridgehead atoms. The zero-order valence-electron chi connectivity index (χ0n) is 20.5. The van der Waals surface area contributed by atoms with Gasteiger partial charge in [-0.25, -0.2) is 5.01 Å². The third kappa shape index (κ3) is 4.24. The summed E-state index contributed by atoms with van der Waals surface area (Å²) in [5.41, 5.74) is 8.68. The maximum atomic E-state index is 13.3. The quantitative estimate of drug-likeness (QED) is 0.406. The minimum absolute atomic E-state index is 0. The van der Waals surface area contributed by atoms with E-state index in [0.717, 1.165) is 35.5 Å². The molecule has 2 aliphatic heterocycles. The van der Waals surface area contributed by atoms with Crippen LogP contribution in [0.15, 0.2) is 79.0 Å². The van der Waals surface area contributed by atoms with Gasteiger partial charge in [0.25, 0.3) is 11.8 Å². The Morgan fingerprint density at radius 3 is 2.65 bits per heavy atom. The zero-order chi connectivity index (χ0) is 25.4. The van der Waals surface area contributed by atoms with Gasteiger partial charge in [-0.05, 0) is 61.4 Å². The Labute approximate surface area is 219 Å². The fraction of sp³-hybridized carbons (Fsp3) is 0.233. The van der Waals surface area contributed by atoms with Crippen LogP contribution in [0.3, 0.4) is 0 Å². The second-order valence-electron chi connectivity index (χ2n) is 9.54. The number of ether oxygens (including phenoxy) is 1. The van der Waals surface area contributed by atoms with Gasteiger partial charge in [0.1, 0.15) is 11.4 Å². The first-order chi connectivity index (χ1) is 18.1. The molecule has 0 radical (unpaired) electrons. The fourth-order valence-corrected chi connectivity index (χ4v) is 5.44. The average Bonchev–Trinajstić information content (AvgIpc) is 3.27. The van der Waals surface area contributed by atoms with Crippen LogP contribution in [0.25, 0.3) is 5.70 Å². The topological polar surface area (TPSA) is 73.9 Å². The van der Waals surface area contributed by atoms with Gasteiger partial charge >= 0.3 is 0 Å². The number of amides is 2. The lowest BCUT2D eigenvalue weighted by atomic mass is 9.94. The molecular formula is C30H32N4O3. The number of benzene rings is 3. The first-order valence-electron chi connectivity index (χ1n) is 12.7. The molecule has 2 heterocycles. The molecule has 2 amide bonds. The first-order valence-corrected chi connectivity index (χ1v) is 12.7. The molecule has 1 fully saturated rings. The first kappa shape index (κ1) is 23.0. The van der Waals surface area contributed by atoms with Gasteiger partial charge in [0.2, 0.25) is 0 Å². The summed E-state index contributed by atoms with van der Waals surface area (Å²) >= 11 is 0. The predicted molar refractivity (Wildman–Crippen MR) is 150 cm³/mol. The van der Waals surface area contributed by atoms with Crippen molar-refractivity contribution in [1.29, 1.82) is 0 Å². The Hall–Kier alpha value is -4.48. The third-order valence-corrected chi connectivity index (χ3v) is 7.15. The molecule has 7 nitrogen and oxygen atoms in total. The van der Waals surface area contributed by atoms with Crippen molar-refractivity contribution in [1.82, 2.24) is 0 Å². The molecule has 6 rings (SSSR count). The molecule has 0 saturated heterocycles. The molecule has 37 heavy (non-hydrogen) atoms. The summed E-state index contributed by atoms with van der Waals surface area (Å²) in [7, 11) is 0. The molecule has 1 aliphatic carbocycles. The summed E-state index contributed by atoms with van der Waals surface area (Å²) in [5.74, 6) is 0.125. The highest BCUT2D eigenvalue weighted by molar-refractivity contribution is 6.07. The van der Waals surface area contributed by atoms with E-state index >= 15 is 0 Å². The fourth-order valence-electron chi connectivity index (χ4n) is 5.44. The molecule has 190 valence electrons. The number of para-hydroxylation sites is 1. The zero-order valence-corrected chi connectivity index (χ0v) is 20.5. The third-order valence-electron chi connectivity index (χ3n) is 7.15. The minimum atomic E-state index is -0.239. The van der Waals surface area contributed by atoms with Crippen LogP contribution in [0.5, 0.6) is 5.75 Å². The second-order valence-corrected chi connectivity index (χ2v) is 9.54. The van der Waals surface area contributed by atoms with Crippen LogP contribution in [-0.4, -0.2) is 24.5 Å². The minimum Gasteiger partial charge on any atom is -0.482 e. The van der Waals surface area contributed by atoms with Crippen molar-refractivity contribution in [3.05, 3.63) is 90.2 Å². The van der Waals surface area contributed by atoms with Gasteiger partial charge in [-0.1, -0.05) is 44.0 Å². The van der Waals surface area contributed by atoms with Crippen LogP contribution < -0.4 is 25.4 Å². The van der Waals surface area contributed by atoms with Crippen LogP contribution in [0.2, 0.25) is 0 Å². The lowest BCUT2D eigenvalue weighted by Crippen LogP contribution is -2.45. The normalized spacial score (nSPS) is 16.9. The Bertz CT molecular complexity index is 1430. The van der Waals surface area contributed by atoms with Crippen LogP contribution in [0.1, 0.15) is 50.9 Å². The molecule has 2 N–H and O–H groups in total. The molecule has 3 aromatic carbocycles. The molecular weight excluding hydrogens is 464 g/mol. The molecule has 7 heteroatoms. The SMILES string of the molecule is C=C=C1c2cc(C(=O)Nc3ccc4c(c3)NC(=O)CO4)ccc2N(C2CCCCC2)N1c1ccccc1.[HH].[HH]. The van der Waals surface area contributed by atoms with E-state index in [1.54, 1.807) is 18.2 Å². The number of carbonyl (C=O) groups excluding carboxylic acids is 2. The number of anilines is 4. The van der Waals surface area contributed by atoms with Crippen LogP contribution in [-0.2, 0) is 4.79 Å². The monoisotopic (exact) mass is 496 g/mol. The van der Waals surface area contributed by atoms with E-state index in [0.29, 0.717) is 28.7 Å². The van der Waals surface area contributed by atoms with Gasteiger partial charge in [0, 0.05) is 19.7 Å². The van der Waals surface area contributed by atoms with Crippen molar-refractivity contribution < 1.29 is 17.2 Å². The number of nitrogens with one attached hydrogen (secondary N) is 2. The molecule has 1 saturated carbocycles. The van der Waals surface area contributed by atoms with Crippen molar-refractivity contribution in [3.8, 4) is 5.75 Å². The Balaban J connectivity index is 0.00000176. The van der Waals surface area contributed by atoms with Crippen LogP contribution in [0.4, 0.5) is 22.7 Å². The summed E-state index contributed by atoms with van der Waals surface area (Å²) in [6.45, 7) is 4.00. The highest BCUT2D eigenvalue weighted by Crippen LogP contribution is 2.45. The number of carbonyl (C=O) groups is 2. The molecule has 0 unspecified atom stereocenters. The highest BCUT2D eigenvalue weighted by atomic mass is 16.5. The largest absolute Gasteiger partial charge is 0.482 e. The summed E-state index contributed by atoms with van der Waals surface area (Å²) in [4.78, 5) is 24.9. The van der Waals surface area contributed by atoms with E-state index in [-0.39, 0.29) is 21.3 Å². The molecule has 0 spiro atoms. The van der Waals surface area contributed by atoms with Crippen molar-refractivity contribution in [2.75, 3.05) is 27.3 Å². The summed E-state index contributed by atoms with van der Waals surface area (Å²) < 4.78 is 5.41. The maximum absolute atomic E-state index is 13.3. The maximum Gasteiger partial charge on any atom is 0.262 e. The molecule has 0 atom stereocenters.